The first-order chi connectivity index (χ1) is 12.2. The van der Waals surface area contributed by atoms with E-state index in [0.29, 0.717) is 42.4 Å². The van der Waals surface area contributed by atoms with Gasteiger partial charge >= 0.3 is 0 Å². The summed E-state index contributed by atoms with van der Waals surface area (Å²) >= 11 is 6.05. The van der Waals surface area contributed by atoms with Crippen LogP contribution in [0.25, 0.3) is 0 Å². The lowest BCUT2D eigenvalue weighted by molar-refractivity contribution is -0.135. The summed E-state index contributed by atoms with van der Waals surface area (Å²) < 4.78 is 5.29. The molecule has 0 aliphatic carbocycles. The summed E-state index contributed by atoms with van der Waals surface area (Å²) in [5, 5.41) is 0.457. The third-order valence-corrected chi connectivity index (χ3v) is 5.02. The standard InChI is InChI=1S/C19H28ClN3O3.ClH/c1-19(2,11-21)12-22(3)18(25)15-6-5-9-23(15)17(24)14-10-13(20)7-8-16(14)26-4;/h7-8,10,15H,5-6,9,11-12,21H2,1-4H3;1H. The molecule has 0 bridgehead atoms. The van der Waals surface area contributed by atoms with Gasteiger partial charge in [0.15, 0.2) is 0 Å². The van der Waals surface area contributed by atoms with Crippen LogP contribution in [0.3, 0.4) is 0 Å². The van der Waals surface area contributed by atoms with Crippen molar-refractivity contribution in [2.45, 2.75) is 32.7 Å². The maximum atomic E-state index is 13.1. The number of ether oxygens (including phenoxy) is 1. The van der Waals surface area contributed by atoms with E-state index >= 15 is 0 Å². The van der Waals surface area contributed by atoms with Crippen molar-refractivity contribution in [3.05, 3.63) is 28.8 Å². The topological polar surface area (TPSA) is 75.9 Å². The molecule has 2 N–H and O–H groups in total. The van der Waals surface area contributed by atoms with Gasteiger partial charge in [-0.1, -0.05) is 25.4 Å². The molecule has 1 aromatic rings. The average molecular weight is 418 g/mol. The molecule has 1 unspecified atom stereocenters. The summed E-state index contributed by atoms with van der Waals surface area (Å²) in [4.78, 5) is 29.3. The number of likely N-dealkylation sites (tertiary alicyclic amines) is 1. The Morgan fingerprint density at radius 2 is 2.07 bits per heavy atom. The van der Waals surface area contributed by atoms with Crippen molar-refractivity contribution in [2.24, 2.45) is 11.1 Å². The zero-order valence-corrected chi connectivity index (χ0v) is 17.9. The van der Waals surface area contributed by atoms with Gasteiger partial charge in [-0.2, -0.15) is 0 Å². The molecule has 152 valence electrons. The van der Waals surface area contributed by atoms with E-state index in [1.54, 1.807) is 35.0 Å². The largest absolute Gasteiger partial charge is 0.496 e. The van der Waals surface area contributed by atoms with E-state index in [4.69, 9.17) is 22.1 Å². The lowest BCUT2D eigenvalue weighted by atomic mass is 9.93. The van der Waals surface area contributed by atoms with Gasteiger partial charge in [0.05, 0.1) is 12.7 Å². The Labute approximate surface area is 172 Å². The number of hydrogen-bond acceptors (Lipinski definition) is 4. The molecule has 1 saturated heterocycles. The van der Waals surface area contributed by atoms with Gasteiger partial charge in [0.1, 0.15) is 11.8 Å². The Morgan fingerprint density at radius 3 is 2.67 bits per heavy atom. The van der Waals surface area contributed by atoms with Crippen LogP contribution in [0.1, 0.15) is 37.0 Å². The SMILES string of the molecule is COc1ccc(Cl)cc1C(=O)N1CCCC1C(=O)N(C)CC(C)(C)CN.Cl. The summed E-state index contributed by atoms with van der Waals surface area (Å²) in [5.74, 6) is 0.167. The highest BCUT2D eigenvalue weighted by Crippen LogP contribution is 2.28. The fourth-order valence-corrected chi connectivity index (χ4v) is 3.48. The van der Waals surface area contributed by atoms with Gasteiger partial charge in [-0.25, -0.2) is 0 Å². The molecule has 1 aromatic carbocycles. The van der Waals surface area contributed by atoms with Gasteiger partial charge in [0.2, 0.25) is 5.91 Å². The fraction of sp³-hybridized carbons (Fsp3) is 0.579. The van der Waals surface area contributed by atoms with Crippen molar-refractivity contribution >= 4 is 35.8 Å². The van der Waals surface area contributed by atoms with Gasteiger partial charge < -0.3 is 20.3 Å². The maximum Gasteiger partial charge on any atom is 0.258 e. The van der Waals surface area contributed by atoms with E-state index < -0.39 is 6.04 Å². The van der Waals surface area contributed by atoms with Crippen LogP contribution in [0.5, 0.6) is 5.75 Å². The van der Waals surface area contributed by atoms with Gasteiger partial charge in [-0.3, -0.25) is 9.59 Å². The second-order valence-corrected chi connectivity index (χ2v) is 8.00. The summed E-state index contributed by atoms with van der Waals surface area (Å²) in [7, 11) is 3.27. The molecular weight excluding hydrogens is 389 g/mol. The first kappa shape index (κ1) is 23.5. The van der Waals surface area contributed by atoms with Crippen LogP contribution >= 0.6 is 24.0 Å². The number of hydrogen-bond donors (Lipinski definition) is 1. The molecule has 27 heavy (non-hydrogen) atoms. The molecule has 0 radical (unpaired) electrons. The summed E-state index contributed by atoms with van der Waals surface area (Å²) in [6.45, 7) is 5.61. The van der Waals surface area contributed by atoms with Crippen LogP contribution in [0, 0.1) is 5.41 Å². The predicted octanol–water partition coefficient (Wildman–Crippen LogP) is 2.82. The second kappa shape index (κ2) is 9.62. The number of methoxy groups -OCH3 is 1. The number of halogens is 2. The van der Waals surface area contributed by atoms with E-state index in [0.717, 1.165) is 6.42 Å². The van der Waals surface area contributed by atoms with Gasteiger partial charge in [-0.15, -0.1) is 12.4 Å². The summed E-state index contributed by atoms with van der Waals surface area (Å²) in [5.41, 5.74) is 5.98. The van der Waals surface area contributed by atoms with Crippen molar-refractivity contribution < 1.29 is 14.3 Å². The monoisotopic (exact) mass is 417 g/mol. The molecular formula is C19H29Cl2N3O3. The van der Waals surface area contributed by atoms with Crippen LogP contribution in [0.4, 0.5) is 0 Å². The molecule has 2 amide bonds. The smallest absolute Gasteiger partial charge is 0.258 e. The highest BCUT2D eigenvalue weighted by Gasteiger charge is 2.37. The lowest BCUT2D eigenvalue weighted by Gasteiger charge is -2.33. The highest BCUT2D eigenvalue weighted by atomic mass is 35.5. The van der Waals surface area contributed by atoms with E-state index in [9.17, 15) is 9.59 Å². The number of nitrogens with two attached hydrogens (primary N) is 1. The normalized spacial score (nSPS) is 16.7. The Bertz CT molecular complexity index is 682. The zero-order chi connectivity index (χ0) is 19.5. The van der Waals surface area contributed by atoms with Crippen molar-refractivity contribution in [3.63, 3.8) is 0 Å². The van der Waals surface area contributed by atoms with Crippen molar-refractivity contribution in [2.75, 3.05) is 33.8 Å². The second-order valence-electron chi connectivity index (χ2n) is 7.56. The fourth-order valence-electron chi connectivity index (χ4n) is 3.31. The van der Waals surface area contributed by atoms with E-state index in [-0.39, 0.29) is 29.6 Å². The first-order valence-electron chi connectivity index (χ1n) is 8.79. The number of amides is 2. The summed E-state index contributed by atoms with van der Waals surface area (Å²) in [6, 6.07) is 4.46. The Morgan fingerprint density at radius 1 is 1.41 bits per heavy atom. The Balaban J connectivity index is 0.00000364. The third-order valence-electron chi connectivity index (χ3n) is 4.78. The maximum absolute atomic E-state index is 13.1. The van der Waals surface area contributed by atoms with Crippen LogP contribution < -0.4 is 10.5 Å². The van der Waals surface area contributed by atoms with E-state index in [1.165, 1.54) is 7.11 Å². The molecule has 2 rings (SSSR count). The number of carbonyl (C=O) groups excluding carboxylic acids is 2. The number of carbonyl (C=O) groups is 2. The Kier molecular flexibility index (Phi) is 8.39. The predicted molar refractivity (Wildman–Crippen MR) is 110 cm³/mol. The van der Waals surface area contributed by atoms with Gasteiger partial charge in [0, 0.05) is 25.2 Å². The molecule has 6 nitrogen and oxygen atoms in total. The van der Waals surface area contributed by atoms with Crippen molar-refractivity contribution in [1.82, 2.24) is 9.80 Å². The molecule has 1 aliphatic heterocycles. The number of likely N-dealkylation sites (N-methyl/N-ethyl adjacent to an activating group) is 1. The molecule has 0 aromatic heterocycles. The van der Waals surface area contributed by atoms with Crippen LogP contribution in [0.15, 0.2) is 18.2 Å². The minimum atomic E-state index is -0.468. The van der Waals surface area contributed by atoms with E-state index in [1.807, 2.05) is 13.8 Å². The van der Waals surface area contributed by atoms with Gasteiger partial charge in [-0.05, 0) is 43.0 Å². The lowest BCUT2D eigenvalue weighted by Crippen LogP contribution is -2.49. The molecule has 1 atom stereocenters. The molecule has 1 aliphatic rings. The molecule has 0 spiro atoms. The van der Waals surface area contributed by atoms with Crippen LogP contribution in [-0.4, -0.2) is 61.4 Å². The quantitative estimate of drug-likeness (QED) is 0.771. The molecule has 0 saturated carbocycles. The minimum absolute atomic E-state index is 0. The van der Waals surface area contributed by atoms with Crippen molar-refractivity contribution in [3.8, 4) is 5.75 Å². The number of nitrogens with zero attached hydrogens (tertiary/aromatic N) is 2. The summed E-state index contributed by atoms with van der Waals surface area (Å²) in [6.07, 6.45) is 1.44. The molecule has 1 heterocycles. The zero-order valence-electron chi connectivity index (χ0n) is 16.3. The molecule has 1 fully saturated rings. The van der Waals surface area contributed by atoms with E-state index in [2.05, 4.69) is 0 Å². The number of benzene rings is 1. The number of rotatable bonds is 6. The molecule has 8 heteroatoms. The Hall–Kier alpha value is -1.50. The average Bonchev–Trinajstić information content (AvgIpc) is 3.09. The minimum Gasteiger partial charge on any atom is -0.496 e. The third kappa shape index (κ3) is 5.50. The van der Waals surface area contributed by atoms with Gasteiger partial charge in [0.25, 0.3) is 5.91 Å². The van der Waals surface area contributed by atoms with Crippen molar-refractivity contribution in [1.29, 1.82) is 0 Å². The van der Waals surface area contributed by atoms with Crippen LogP contribution in [0.2, 0.25) is 5.02 Å². The van der Waals surface area contributed by atoms with Crippen LogP contribution in [-0.2, 0) is 4.79 Å². The highest BCUT2D eigenvalue weighted by molar-refractivity contribution is 6.31. The first-order valence-corrected chi connectivity index (χ1v) is 9.17.